The molecular formula is C33H62N2O6. The highest BCUT2D eigenvalue weighted by molar-refractivity contribution is 5.83. The third-order valence-corrected chi connectivity index (χ3v) is 8.75. The van der Waals surface area contributed by atoms with Crippen LogP contribution >= 0.6 is 0 Å². The van der Waals surface area contributed by atoms with E-state index in [2.05, 4.69) is 24.5 Å². The molecule has 0 aliphatic carbocycles. The summed E-state index contributed by atoms with van der Waals surface area (Å²) in [7, 11) is 0. The van der Waals surface area contributed by atoms with Crippen LogP contribution in [0.15, 0.2) is 0 Å². The predicted molar refractivity (Wildman–Crippen MR) is 166 cm³/mol. The summed E-state index contributed by atoms with van der Waals surface area (Å²) < 4.78 is 0. The molecule has 1 amide bonds. The van der Waals surface area contributed by atoms with Crippen molar-refractivity contribution in [3.05, 3.63) is 0 Å². The van der Waals surface area contributed by atoms with E-state index in [0.717, 1.165) is 0 Å². The molecule has 0 spiro atoms. The van der Waals surface area contributed by atoms with Gasteiger partial charge in [0.25, 0.3) is 0 Å². The zero-order valence-electron chi connectivity index (χ0n) is 29.0. The monoisotopic (exact) mass is 582 g/mol. The average Bonchev–Trinajstić information content (AvgIpc) is 2.69. The van der Waals surface area contributed by atoms with Gasteiger partial charge >= 0.3 is 11.9 Å². The Hall–Kier alpha value is -1.96. The fourth-order valence-electron chi connectivity index (χ4n) is 5.85. The molecule has 0 aliphatic heterocycles. The lowest BCUT2D eigenvalue weighted by molar-refractivity contribution is -0.149. The number of hydrogen-bond acceptors (Lipinski definition) is 5. The number of ketones is 1. The molecule has 41 heavy (non-hydrogen) atoms. The van der Waals surface area contributed by atoms with E-state index < -0.39 is 50.5 Å². The molecule has 2 unspecified atom stereocenters. The molecule has 0 aromatic heterocycles. The second-order valence-electron chi connectivity index (χ2n) is 17.4. The van der Waals surface area contributed by atoms with Gasteiger partial charge in [-0.3, -0.25) is 19.2 Å². The lowest BCUT2D eigenvalue weighted by Gasteiger charge is -2.46. The zero-order chi connectivity index (χ0) is 33.2. The van der Waals surface area contributed by atoms with Gasteiger partial charge < -0.3 is 20.8 Å². The first kappa shape index (κ1) is 39.0. The van der Waals surface area contributed by atoms with Gasteiger partial charge in [0, 0.05) is 28.5 Å². The van der Waals surface area contributed by atoms with Crippen LogP contribution in [0.1, 0.15) is 136 Å². The number of hydrogen-bond donors (Lipinski definition) is 4. The van der Waals surface area contributed by atoms with Crippen molar-refractivity contribution in [2.45, 2.75) is 154 Å². The third-order valence-electron chi connectivity index (χ3n) is 8.75. The Balaban J connectivity index is 6.41. The Labute approximate surface area is 250 Å². The lowest BCUT2D eigenvalue weighted by atomic mass is 9.65. The van der Waals surface area contributed by atoms with Crippen LogP contribution < -0.4 is 10.6 Å². The fourth-order valence-corrected chi connectivity index (χ4v) is 5.85. The van der Waals surface area contributed by atoms with Crippen LogP contribution in [0, 0.1) is 32.5 Å². The highest BCUT2D eigenvalue weighted by Gasteiger charge is 2.47. The maximum absolute atomic E-state index is 14.0. The van der Waals surface area contributed by atoms with E-state index >= 15 is 0 Å². The number of amides is 1. The predicted octanol–water partition coefficient (Wildman–Crippen LogP) is 6.70. The highest BCUT2D eigenvalue weighted by atomic mass is 16.4. The molecule has 4 N–H and O–H groups in total. The minimum absolute atomic E-state index is 0.0388. The maximum Gasteiger partial charge on any atom is 0.309 e. The number of aliphatic carboxylic acids is 2. The van der Waals surface area contributed by atoms with Gasteiger partial charge in [-0.25, -0.2) is 0 Å². The van der Waals surface area contributed by atoms with Crippen molar-refractivity contribution in [3.63, 3.8) is 0 Å². The molecule has 0 heterocycles. The number of carboxylic acid groups (broad SMARTS) is 2. The van der Waals surface area contributed by atoms with Crippen LogP contribution in [0.25, 0.3) is 0 Å². The summed E-state index contributed by atoms with van der Waals surface area (Å²) in [6.07, 6.45) is 1.52. The standard InChI is InChI=1S/C33H62N2O6/c1-21(36)30(9,10)19-31(11,12)22(17-28(5,6)25(38)39)34-24(37)33(15,16)20-32(13,14)23(35-27(2,3)4)18-29(7,8)26(40)41/h22-23,35H,17-20H2,1-16H3,(H,34,37)(H,38,39)(H,40,41). The van der Waals surface area contributed by atoms with Crippen LogP contribution in [-0.2, 0) is 19.2 Å². The minimum Gasteiger partial charge on any atom is -0.481 e. The zero-order valence-corrected chi connectivity index (χ0v) is 29.0. The SMILES string of the molecule is CC(=O)C(C)(C)CC(C)(C)C(CC(C)(C)C(=O)O)NC(=O)C(C)(C)CC(C)(C)C(CC(C)(C)C(=O)O)NC(C)(C)C. The van der Waals surface area contributed by atoms with Crippen LogP contribution in [0.5, 0.6) is 0 Å². The first-order chi connectivity index (χ1) is 17.8. The molecule has 2 atom stereocenters. The Morgan fingerprint density at radius 3 is 1.24 bits per heavy atom. The van der Waals surface area contributed by atoms with E-state index in [1.54, 1.807) is 34.6 Å². The Morgan fingerprint density at radius 1 is 0.561 bits per heavy atom. The minimum atomic E-state index is -1.09. The number of rotatable bonds is 16. The number of nitrogens with one attached hydrogen (secondary N) is 2. The van der Waals surface area contributed by atoms with Gasteiger partial charge in [-0.1, -0.05) is 55.4 Å². The molecular weight excluding hydrogens is 520 g/mol. The highest BCUT2D eigenvalue weighted by Crippen LogP contribution is 2.44. The maximum atomic E-state index is 14.0. The third kappa shape index (κ3) is 11.7. The molecule has 0 aromatic carbocycles. The van der Waals surface area contributed by atoms with Gasteiger partial charge in [0.1, 0.15) is 5.78 Å². The summed E-state index contributed by atoms with van der Waals surface area (Å²) in [6, 6.07) is -0.702. The summed E-state index contributed by atoms with van der Waals surface area (Å²) >= 11 is 0. The van der Waals surface area contributed by atoms with Crippen molar-refractivity contribution in [2.75, 3.05) is 0 Å². The Bertz CT molecular complexity index is 967. The molecule has 8 heteroatoms. The molecule has 0 radical (unpaired) electrons. The molecule has 0 bridgehead atoms. The second kappa shape index (κ2) is 12.7. The quantitative estimate of drug-likeness (QED) is 0.159. The topological polar surface area (TPSA) is 133 Å². The smallest absolute Gasteiger partial charge is 0.309 e. The van der Waals surface area contributed by atoms with Crippen molar-refractivity contribution >= 4 is 23.6 Å². The van der Waals surface area contributed by atoms with Crippen molar-refractivity contribution in [3.8, 4) is 0 Å². The van der Waals surface area contributed by atoms with Crippen molar-refractivity contribution in [1.82, 2.24) is 10.6 Å². The van der Waals surface area contributed by atoms with Gasteiger partial charge in [0.05, 0.1) is 10.8 Å². The van der Waals surface area contributed by atoms with E-state index in [4.69, 9.17) is 0 Å². The van der Waals surface area contributed by atoms with Crippen molar-refractivity contribution in [1.29, 1.82) is 0 Å². The van der Waals surface area contributed by atoms with E-state index in [0.29, 0.717) is 19.3 Å². The summed E-state index contributed by atoms with van der Waals surface area (Å²) in [6.45, 7) is 30.1. The average molecular weight is 583 g/mol. The molecule has 0 saturated heterocycles. The van der Waals surface area contributed by atoms with Gasteiger partial charge in [0.15, 0.2) is 0 Å². The summed E-state index contributed by atoms with van der Waals surface area (Å²) in [5.74, 6) is -1.98. The van der Waals surface area contributed by atoms with Crippen LogP contribution in [0.3, 0.4) is 0 Å². The summed E-state index contributed by atoms with van der Waals surface area (Å²) in [4.78, 5) is 50.5. The largest absolute Gasteiger partial charge is 0.481 e. The van der Waals surface area contributed by atoms with Crippen LogP contribution in [0.4, 0.5) is 0 Å². The fraction of sp³-hybridized carbons (Fsp3) is 0.879. The molecule has 0 rings (SSSR count). The van der Waals surface area contributed by atoms with Crippen LogP contribution in [0.2, 0.25) is 0 Å². The molecule has 240 valence electrons. The lowest BCUT2D eigenvalue weighted by Crippen LogP contribution is -2.56. The number of Topliss-reactive ketones (excluding diaryl/α,β-unsaturated/α-hetero) is 1. The van der Waals surface area contributed by atoms with E-state index in [-0.39, 0.29) is 29.7 Å². The van der Waals surface area contributed by atoms with E-state index in [1.165, 1.54) is 0 Å². The van der Waals surface area contributed by atoms with Crippen molar-refractivity contribution in [2.24, 2.45) is 32.5 Å². The first-order valence-corrected chi connectivity index (χ1v) is 14.9. The summed E-state index contributed by atoms with van der Waals surface area (Å²) in [5.41, 5.74) is -4.87. The molecule has 0 saturated carbocycles. The molecule has 0 aromatic rings. The van der Waals surface area contributed by atoms with Crippen LogP contribution in [-0.4, -0.2) is 51.5 Å². The van der Waals surface area contributed by atoms with E-state index in [9.17, 15) is 29.4 Å². The summed E-state index contributed by atoms with van der Waals surface area (Å²) in [5, 5.41) is 26.6. The first-order valence-electron chi connectivity index (χ1n) is 14.9. The second-order valence-corrected chi connectivity index (χ2v) is 17.4. The van der Waals surface area contributed by atoms with Crippen molar-refractivity contribution < 1.29 is 29.4 Å². The molecule has 0 fully saturated rings. The number of carboxylic acids is 2. The Morgan fingerprint density at radius 2 is 0.902 bits per heavy atom. The van der Waals surface area contributed by atoms with Gasteiger partial charge in [-0.15, -0.1) is 0 Å². The number of carbonyl (C=O) groups excluding carboxylic acids is 2. The van der Waals surface area contributed by atoms with Gasteiger partial charge in [-0.2, -0.15) is 0 Å². The molecule has 8 nitrogen and oxygen atoms in total. The van der Waals surface area contributed by atoms with Gasteiger partial charge in [0.2, 0.25) is 5.91 Å². The Kier molecular flexibility index (Phi) is 12.1. The number of carbonyl (C=O) groups is 4. The normalized spacial score (nSPS) is 15.7. The molecule has 0 aliphatic rings. The van der Waals surface area contributed by atoms with Gasteiger partial charge in [-0.05, 0) is 91.9 Å². The van der Waals surface area contributed by atoms with E-state index in [1.807, 2.05) is 62.3 Å².